The smallest absolute Gasteiger partial charge is 0.243 e. The van der Waals surface area contributed by atoms with Crippen LogP contribution in [-0.2, 0) is 21.4 Å². The van der Waals surface area contributed by atoms with Crippen molar-refractivity contribution in [3.63, 3.8) is 0 Å². The predicted octanol–water partition coefficient (Wildman–Crippen LogP) is 4.02. The minimum absolute atomic E-state index is 0.0773. The van der Waals surface area contributed by atoms with Gasteiger partial charge in [-0.1, -0.05) is 35.4 Å². The van der Waals surface area contributed by atoms with Crippen LogP contribution in [0.15, 0.2) is 47.4 Å². The van der Waals surface area contributed by atoms with E-state index in [0.29, 0.717) is 37.5 Å². The van der Waals surface area contributed by atoms with Gasteiger partial charge in [-0.25, -0.2) is 8.42 Å². The normalized spacial score (nSPS) is 16.0. The van der Waals surface area contributed by atoms with E-state index in [-0.39, 0.29) is 16.7 Å². The van der Waals surface area contributed by atoms with Gasteiger partial charge in [0.1, 0.15) is 0 Å². The van der Waals surface area contributed by atoms with E-state index in [1.807, 2.05) is 7.05 Å². The third kappa shape index (κ3) is 5.00. The van der Waals surface area contributed by atoms with Gasteiger partial charge in [-0.15, -0.1) is 0 Å². The monoisotopic (exact) mass is 434 g/mol. The summed E-state index contributed by atoms with van der Waals surface area (Å²) in [7, 11) is -1.74. The number of piperidine rings is 1. The van der Waals surface area contributed by atoms with E-state index >= 15 is 0 Å². The summed E-state index contributed by atoms with van der Waals surface area (Å²) < 4.78 is 27.1. The number of carbonyl (C=O) groups is 1. The van der Waals surface area contributed by atoms with Crippen LogP contribution in [-0.4, -0.2) is 43.7 Å². The quantitative estimate of drug-likeness (QED) is 0.714. The zero-order valence-electron chi connectivity index (χ0n) is 17.1. The number of benzene rings is 2. The van der Waals surface area contributed by atoms with Crippen LogP contribution in [0.2, 0.25) is 5.02 Å². The van der Waals surface area contributed by atoms with Crippen LogP contribution in [0, 0.1) is 19.8 Å². The summed E-state index contributed by atoms with van der Waals surface area (Å²) in [4.78, 5) is 14.9. The fourth-order valence-corrected chi connectivity index (χ4v) is 5.36. The first kappa shape index (κ1) is 21.8. The number of aryl methyl sites for hydroxylation is 2. The number of sulfonamides is 1. The first-order chi connectivity index (χ1) is 13.7. The van der Waals surface area contributed by atoms with Gasteiger partial charge in [-0.3, -0.25) is 4.79 Å². The van der Waals surface area contributed by atoms with E-state index in [4.69, 9.17) is 11.6 Å². The summed E-state index contributed by atoms with van der Waals surface area (Å²) in [6, 6.07) is 12.4. The summed E-state index contributed by atoms with van der Waals surface area (Å²) in [5, 5.41) is 0.500. The van der Waals surface area contributed by atoms with Gasteiger partial charge in [0, 0.05) is 37.6 Å². The number of nitrogens with zero attached hydrogens (tertiary/aromatic N) is 2. The molecule has 29 heavy (non-hydrogen) atoms. The first-order valence-electron chi connectivity index (χ1n) is 9.75. The Morgan fingerprint density at radius 3 is 2.31 bits per heavy atom. The minimum atomic E-state index is -3.56. The topological polar surface area (TPSA) is 57.7 Å². The number of carbonyl (C=O) groups excluding carboxylic acids is 1. The Morgan fingerprint density at radius 2 is 1.72 bits per heavy atom. The van der Waals surface area contributed by atoms with E-state index in [9.17, 15) is 13.2 Å². The maximum Gasteiger partial charge on any atom is 0.243 e. The van der Waals surface area contributed by atoms with Crippen LogP contribution in [0.25, 0.3) is 0 Å². The maximum atomic E-state index is 12.9. The first-order valence-corrected chi connectivity index (χ1v) is 11.6. The predicted molar refractivity (Wildman–Crippen MR) is 115 cm³/mol. The van der Waals surface area contributed by atoms with Crippen molar-refractivity contribution in [3.8, 4) is 0 Å². The molecule has 0 unspecified atom stereocenters. The number of halogens is 1. The minimum Gasteiger partial charge on any atom is -0.341 e. The third-order valence-electron chi connectivity index (χ3n) is 5.54. The van der Waals surface area contributed by atoms with Crippen LogP contribution >= 0.6 is 11.6 Å². The number of rotatable bonds is 5. The molecule has 156 valence electrons. The van der Waals surface area contributed by atoms with Gasteiger partial charge in [0.2, 0.25) is 15.9 Å². The van der Waals surface area contributed by atoms with Gasteiger partial charge in [-0.05, 0) is 62.1 Å². The standard InChI is InChI=1S/C22H27ClN2O3S/c1-16-4-5-19(17(2)14-16)15-24(3)22(26)18-10-12-25(13-11-18)29(27,28)21-8-6-20(23)7-9-21/h4-9,14,18H,10-13,15H2,1-3H3. The van der Waals surface area contributed by atoms with E-state index < -0.39 is 10.0 Å². The molecule has 0 saturated carbocycles. The van der Waals surface area contributed by atoms with Crippen LogP contribution < -0.4 is 0 Å². The molecule has 0 atom stereocenters. The molecule has 1 heterocycles. The Kier molecular flexibility index (Phi) is 6.66. The zero-order valence-corrected chi connectivity index (χ0v) is 18.6. The molecule has 0 aliphatic carbocycles. The van der Waals surface area contributed by atoms with Gasteiger partial charge in [0.05, 0.1) is 4.90 Å². The highest BCUT2D eigenvalue weighted by Gasteiger charge is 2.33. The van der Waals surface area contributed by atoms with E-state index in [1.165, 1.54) is 27.6 Å². The molecule has 0 spiro atoms. The Bertz CT molecular complexity index is 982. The Hall–Kier alpha value is -1.89. The fraction of sp³-hybridized carbons (Fsp3) is 0.409. The second kappa shape index (κ2) is 8.86. The average Bonchev–Trinajstić information content (AvgIpc) is 2.70. The lowest BCUT2D eigenvalue weighted by molar-refractivity contribution is -0.135. The molecule has 0 aromatic heterocycles. The lowest BCUT2D eigenvalue weighted by Gasteiger charge is -2.32. The van der Waals surface area contributed by atoms with Crippen molar-refractivity contribution < 1.29 is 13.2 Å². The Balaban J connectivity index is 1.60. The van der Waals surface area contributed by atoms with Gasteiger partial charge >= 0.3 is 0 Å². The van der Waals surface area contributed by atoms with Crippen LogP contribution in [0.1, 0.15) is 29.5 Å². The second-order valence-corrected chi connectivity index (χ2v) is 10.1. The summed E-state index contributed by atoms with van der Waals surface area (Å²) >= 11 is 5.86. The van der Waals surface area contributed by atoms with Crippen molar-refractivity contribution in [1.29, 1.82) is 0 Å². The highest BCUT2D eigenvalue weighted by molar-refractivity contribution is 7.89. The molecule has 2 aromatic carbocycles. The highest BCUT2D eigenvalue weighted by Crippen LogP contribution is 2.26. The van der Waals surface area contributed by atoms with Crippen molar-refractivity contribution in [2.24, 2.45) is 5.92 Å². The number of amides is 1. The van der Waals surface area contributed by atoms with Gasteiger partial charge in [0.15, 0.2) is 0 Å². The van der Waals surface area contributed by atoms with Crippen molar-refractivity contribution in [2.45, 2.75) is 38.1 Å². The summed E-state index contributed by atoms with van der Waals surface area (Å²) in [6.07, 6.45) is 1.06. The van der Waals surface area contributed by atoms with Gasteiger partial charge < -0.3 is 4.90 Å². The molecule has 0 bridgehead atoms. The average molecular weight is 435 g/mol. The van der Waals surface area contributed by atoms with E-state index in [2.05, 4.69) is 32.0 Å². The zero-order chi connectivity index (χ0) is 21.2. The number of hydrogen-bond donors (Lipinski definition) is 0. The maximum absolute atomic E-state index is 12.9. The van der Waals surface area contributed by atoms with Crippen molar-refractivity contribution in [3.05, 3.63) is 64.2 Å². The number of hydrogen-bond acceptors (Lipinski definition) is 3. The van der Waals surface area contributed by atoms with Crippen molar-refractivity contribution >= 4 is 27.5 Å². The van der Waals surface area contributed by atoms with Gasteiger partial charge in [-0.2, -0.15) is 4.31 Å². The molecule has 1 amide bonds. The van der Waals surface area contributed by atoms with Crippen molar-refractivity contribution in [1.82, 2.24) is 9.21 Å². The SMILES string of the molecule is Cc1ccc(CN(C)C(=O)C2CCN(S(=O)(=O)c3ccc(Cl)cc3)CC2)c(C)c1. The molecule has 1 aliphatic rings. The molecular weight excluding hydrogens is 408 g/mol. The van der Waals surface area contributed by atoms with Crippen molar-refractivity contribution in [2.75, 3.05) is 20.1 Å². The molecule has 1 saturated heterocycles. The molecule has 1 fully saturated rings. The van der Waals surface area contributed by atoms with E-state index in [0.717, 1.165) is 5.56 Å². The van der Waals surface area contributed by atoms with E-state index in [1.54, 1.807) is 17.0 Å². The van der Waals surface area contributed by atoms with Gasteiger partial charge in [0.25, 0.3) is 0 Å². The molecule has 2 aromatic rings. The fourth-order valence-electron chi connectivity index (χ4n) is 3.77. The van der Waals surface area contributed by atoms with Crippen LogP contribution in [0.3, 0.4) is 0 Å². The summed E-state index contributed by atoms with van der Waals surface area (Å²) in [5.41, 5.74) is 3.51. The van der Waals surface area contributed by atoms with Crippen LogP contribution in [0.4, 0.5) is 0 Å². The summed E-state index contributed by atoms with van der Waals surface area (Å²) in [6.45, 7) is 5.37. The molecule has 0 radical (unpaired) electrons. The Morgan fingerprint density at radius 1 is 1.10 bits per heavy atom. The molecule has 5 nitrogen and oxygen atoms in total. The molecule has 3 rings (SSSR count). The third-order valence-corrected chi connectivity index (χ3v) is 7.70. The highest BCUT2D eigenvalue weighted by atomic mass is 35.5. The molecule has 1 aliphatic heterocycles. The molecule has 7 heteroatoms. The lowest BCUT2D eigenvalue weighted by Crippen LogP contribution is -2.43. The van der Waals surface area contributed by atoms with Crippen LogP contribution in [0.5, 0.6) is 0 Å². The second-order valence-electron chi connectivity index (χ2n) is 7.76. The summed E-state index contributed by atoms with van der Waals surface area (Å²) in [5.74, 6) is -0.0732. The lowest BCUT2D eigenvalue weighted by atomic mass is 9.96. The Labute approximate surface area is 178 Å². The molecule has 0 N–H and O–H groups in total. The largest absolute Gasteiger partial charge is 0.341 e. The molecular formula is C22H27ClN2O3S.